The van der Waals surface area contributed by atoms with Gasteiger partial charge in [0.25, 0.3) is 5.56 Å². The Labute approximate surface area is 148 Å². The molecule has 0 bridgehead atoms. The summed E-state index contributed by atoms with van der Waals surface area (Å²) in [6.07, 6.45) is 1.95. The van der Waals surface area contributed by atoms with Gasteiger partial charge in [-0.25, -0.2) is 9.78 Å². The van der Waals surface area contributed by atoms with Gasteiger partial charge in [0, 0.05) is 26.2 Å². The summed E-state index contributed by atoms with van der Waals surface area (Å²) in [5, 5.41) is 6.63. The van der Waals surface area contributed by atoms with Gasteiger partial charge in [-0.15, -0.1) is 0 Å². The Morgan fingerprint density at radius 3 is 2.54 bits per heavy atom. The summed E-state index contributed by atoms with van der Waals surface area (Å²) in [6, 6.07) is 1.64. The van der Waals surface area contributed by atoms with E-state index in [1.165, 1.54) is 13.8 Å². The number of rotatable bonds is 7. The Morgan fingerprint density at radius 1 is 1.19 bits per heavy atom. The maximum absolute atomic E-state index is 12.7. The zero-order chi connectivity index (χ0) is 18.8. The summed E-state index contributed by atoms with van der Waals surface area (Å²) in [4.78, 5) is 43.5. The van der Waals surface area contributed by atoms with E-state index in [0.717, 1.165) is 6.42 Å². The molecule has 0 saturated heterocycles. The number of aromatic nitrogens is 6. The molecule has 0 radical (unpaired) electrons. The number of H-pyrrole nitrogens is 1. The van der Waals surface area contributed by atoms with Crippen molar-refractivity contribution in [2.24, 2.45) is 7.05 Å². The summed E-state index contributed by atoms with van der Waals surface area (Å²) < 4.78 is 4.30. The van der Waals surface area contributed by atoms with Crippen LogP contribution >= 0.6 is 0 Å². The van der Waals surface area contributed by atoms with Crippen molar-refractivity contribution in [1.82, 2.24) is 28.9 Å². The molecule has 0 fully saturated rings. The fourth-order valence-electron chi connectivity index (χ4n) is 2.95. The van der Waals surface area contributed by atoms with Gasteiger partial charge in [0.05, 0.1) is 0 Å². The first-order valence-corrected chi connectivity index (χ1v) is 8.49. The molecule has 3 aromatic heterocycles. The van der Waals surface area contributed by atoms with Crippen molar-refractivity contribution in [2.75, 3.05) is 5.32 Å². The quantitative estimate of drug-likeness (QED) is 0.601. The molecule has 26 heavy (non-hydrogen) atoms. The molecule has 138 valence electrons. The number of anilines is 1. The molecule has 2 N–H and O–H groups in total. The van der Waals surface area contributed by atoms with Crippen molar-refractivity contribution in [3.8, 4) is 11.5 Å². The molecular weight excluding hydrogens is 338 g/mol. The molecule has 3 rings (SSSR count). The van der Waals surface area contributed by atoms with Crippen LogP contribution in [0.1, 0.15) is 26.7 Å². The predicted octanol–water partition coefficient (Wildman–Crippen LogP) is 0.675. The van der Waals surface area contributed by atoms with Gasteiger partial charge in [0.1, 0.15) is 11.2 Å². The van der Waals surface area contributed by atoms with Gasteiger partial charge in [-0.3, -0.25) is 23.4 Å². The average Bonchev–Trinajstić information content (AvgIpc) is 3.19. The van der Waals surface area contributed by atoms with Crippen LogP contribution in [0.15, 0.2) is 15.7 Å². The number of hydrogen-bond acceptors (Lipinski definition) is 5. The van der Waals surface area contributed by atoms with Crippen molar-refractivity contribution in [2.45, 2.75) is 39.8 Å². The summed E-state index contributed by atoms with van der Waals surface area (Å²) in [5.74, 6) is 0.775. The third kappa shape index (κ3) is 2.83. The standard InChI is InChI=1S/C16H21N7O3/c1-4-6-22-14-12(15(25)23(7-5-2)16(22)26)18-13(19-14)10-8-11(17-9-24)20-21(10)3/h8-9H,4-7H2,1-3H3,(H,18,19)(H,17,20,24). The maximum atomic E-state index is 12.7. The lowest BCUT2D eigenvalue weighted by Gasteiger charge is -2.09. The number of fused-ring (bicyclic) bond motifs is 1. The second-order valence-electron chi connectivity index (χ2n) is 5.98. The molecule has 0 atom stereocenters. The van der Waals surface area contributed by atoms with Crippen LogP contribution in [-0.4, -0.2) is 35.3 Å². The van der Waals surface area contributed by atoms with Crippen molar-refractivity contribution in [3.63, 3.8) is 0 Å². The molecule has 3 heterocycles. The van der Waals surface area contributed by atoms with E-state index in [-0.39, 0.29) is 16.8 Å². The highest BCUT2D eigenvalue weighted by Gasteiger charge is 2.19. The van der Waals surface area contributed by atoms with E-state index in [0.29, 0.717) is 48.9 Å². The second-order valence-corrected chi connectivity index (χ2v) is 5.98. The van der Waals surface area contributed by atoms with Crippen molar-refractivity contribution in [3.05, 3.63) is 26.9 Å². The van der Waals surface area contributed by atoms with Gasteiger partial charge in [-0.1, -0.05) is 13.8 Å². The van der Waals surface area contributed by atoms with E-state index in [9.17, 15) is 14.4 Å². The van der Waals surface area contributed by atoms with E-state index >= 15 is 0 Å². The normalized spacial score (nSPS) is 11.2. The van der Waals surface area contributed by atoms with Crippen molar-refractivity contribution in [1.29, 1.82) is 0 Å². The highest BCUT2D eigenvalue weighted by Crippen LogP contribution is 2.21. The summed E-state index contributed by atoms with van der Waals surface area (Å²) in [5.41, 5.74) is 0.467. The highest BCUT2D eigenvalue weighted by molar-refractivity contribution is 5.76. The van der Waals surface area contributed by atoms with Crippen LogP contribution in [0.5, 0.6) is 0 Å². The van der Waals surface area contributed by atoms with Crippen molar-refractivity contribution >= 4 is 23.4 Å². The number of amides is 1. The first kappa shape index (κ1) is 17.6. The third-order valence-corrected chi connectivity index (χ3v) is 4.08. The molecule has 0 aromatic carbocycles. The van der Waals surface area contributed by atoms with Crippen LogP contribution < -0.4 is 16.6 Å². The first-order chi connectivity index (χ1) is 12.5. The Balaban J connectivity index is 2.26. The lowest BCUT2D eigenvalue weighted by Crippen LogP contribution is -2.40. The van der Waals surface area contributed by atoms with Gasteiger partial charge in [-0.05, 0) is 12.8 Å². The predicted molar refractivity (Wildman–Crippen MR) is 97.1 cm³/mol. The van der Waals surface area contributed by atoms with Crippen LogP contribution in [0.25, 0.3) is 22.7 Å². The summed E-state index contributed by atoms with van der Waals surface area (Å²) in [7, 11) is 1.70. The van der Waals surface area contributed by atoms with Crippen LogP contribution in [0, 0.1) is 0 Å². The zero-order valence-corrected chi connectivity index (χ0v) is 14.9. The lowest BCUT2D eigenvalue weighted by molar-refractivity contribution is -0.105. The van der Waals surface area contributed by atoms with E-state index in [4.69, 9.17) is 0 Å². The van der Waals surface area contributed by atoms with Gasteiger partial charge in [0.2, 0.25) is 6.41 Å². The largest absolute Gasteiger partial charge is 0.332 e. The Hall–Kier alpha value is -3.17. The minimum atomic E-state index is -0.383. The van der Waals surface area contributed by atoms with Crippen LogP contribution in [0.4, 0.5) is 5.82 Å². The van der Waals surface area contributed by atoms with Gasteiger partial charge >= 0.3 is 5.69 Å². The Morgan fingerprint density at radius 2 is 1.88 bits per heavy atom. The van der Waals surface area contributed by atoms with Crippen molar-refractivity contribution < 1.29 is 4.79 Å². The molecule has 0 aliphatic rings. The SMILES string of the molecule is CCCn1c(=O)c2[nH]c(-c3cc(NC=O)nn3C)nc2n(CCC)c1=O. The third-order valence-electron chi connectivity index (χ3n) is 4.08. The number of aryl methyl sites for hydroxylation is 2. The number of aromatic amines is 1. The highest BCUT2D eigenvalue weighted by atomic mass is 16.2. The number of imidazole rings is 1. The van der Waals surface area contributed by atoms with Gasteiger partial charge < -0.3 is 10.3 Å². The molecule has 3 aromatic rings. The van der Waals surface area contributed by atoms with E-state index in [1.807, 2.05) is 13.8 Å². The number of hydrogen-bond donors (Lipinski definition) is 2. The van der Waals surface area contributed by atoms with Gasteiger partial charge in [0.15, 0.2) is 17.3 Å². The lowest BCUT2D eigenvalue weighted by atomic mass is 10.4. The molecular formula is C16H21N7O3. The fraction of sp³-hybridized carbons (Fsp3) is 0.438. The first-order valence-electron chi connectivity index (χ1n) is 8.49. The summed E-state index contributed by atoms with van der Waals surface area (Å²) in [6.45, 7) is 4.69. The maximum Gasteiger partial charge on any atom is 0.332 e. The second kappa shape index (κ2) is 6.98. The molecule has 0 unspecified atom stereocenters. The number of nitrogens with zero attached hydrogens (tertiary/aromatic N) is 5. The van der Waals surface area contributed by atoms with Gasteiger partial charge in [-0.2, -0.15) is 5.10 Å². The molecule has 0 spiro atoms. The number of carbonyl (C=O) groups is 1. The topological polar surface area (TPSA) is 120 Å². The van der Waals surface area contributed by atoms with E-state index < -0.39 is 0 Å². The molecule has 10 nitrogen and oxygen atoms in total. The van der Waals surface area contributed by atoms with E-state index in [1.54, 1.807) is 13.1 Å². The van der Waals surface area contributed by atoms with E-state index in [2.05, 4.69) is 20.4 Å². The Bertz CT molecular complexity index is 1070. The van der Waals surface area contributed by atoms with Crippen LogP contribution in [-0.2, 0) is 24.9 Å². The van der Waals surface area contributed by atoms with Crippen LogP contribution in [0.3, 0.4) is 0 Å². The minimum absolute atomic E-state index is 0.285. The smallest absolute Gasteiger partial charge is 0.331 e. The summed E-state index contributed by atoms with van der Waals surface area (Å²) >= 11 is 0. The molecule has 0 aliphatic carbocycles. The Kier molecular flexibility index (Phi) is 4.74. The number of carbonyl (C=O) groups excluding carboxylic acids is 1. The molecule has 1 amide bonds. The van der Waals surface area contributed by atoms with Crippen LogP contribution in [0.2, 0.25) is 0 Å². The minimum Gasteiger partial charge on any atom is -0.331 e. The molecule has 0 saturated carbocycles. The molecule has 0 aliphatic heterocycles. The molecule has 10 heteroatoms. The zero-order valence-electron chi connectivity index (χ0n) is 14.9. The fourth-order valence-corrected chi connectivity index (χ4v) is 2.95. The monoisotopic (exact) mass is 359 g/mol. The average molecular weight is 359 g/mol. The number of nitrogens with one attached hydrogen (secondary N) is 2.